The highest BCUT2D eigenvalue weighted by Crippen LogP contribution is 2.29. The molecule has 1 unspecified atom stereocenters. The van der Waals surface area contributed by atoms with E-state index in [-0.39, 0.29) is 11.5 Å². The van der Waals surface area contributed by atoms with Crippen LogP contribution in [-0.2, 0) is 0 Å². The van der Waals surface area contributed by atoms with Gasteiger partial charge in [-0.2, -0.15) is 5.26 Å². The fourth-order valence-electron chi connectivity index (χ4n) is 4.59. The Bertz CT molecular complexity index is 1950. The lowest BCUT2D eigenvalue weighted by Gasteiger charge is -2.21. The smallest absolute Gasteiger partial charge is 0.266 e. The molecule has 0 bridgehead atoms. The average molecular weight is 512 g/mol. The topological polar surface area (TPSA) is 148 Å². The van der Waals surface area contributed by atoms with Gasteiger partial charge in [0.1, 0.15) is 18.0 Å². The molecule has 6 rings (SSSR count). The van der Waals surface area contributed by atoms with E-state index < -0.39 is 6.04 Å². The molecule has 0 fully saturated rings. The summed E-state index contributed by atoms with van der Waals surface area (Å²) in [5.41, 5.74) is 9.16. The number of benzene rings is 3. The minimum atomic E-state index is -0.449. The molecule has 6 aromatic rings. The van der Waals surface area contributed by atoms with Crippen LogP contribution >= 0.6 is 0 Å². The van der Waals surface area contributed by atoms with Gasteiger partial charge in [0.05, 0.1) is 39.8 Å². The molecule has 3 N–H and O–H groups in total. The van der Waals surface area contributed by atoms with Crippen molar-refractivity contribution in [3.8, 4) is 22.9 Å². The van der Waals surface area contributed by atoms with Crippen LogP contribution in [0.4, 0.5) is 11.8 Å². The molecule has 10 heteroatoms. The normalized spacial score (nSPS) is 11.8. The summed E-state index contributed by atoms with van der Waals surface area (Å²) >= 11 is 0. The second-order valence-electron chi connectivity index (χ2n) is 8.91. The van der Waals surface area contributed by atoms with Crippen molar-refractivity contribution in [3.05, 3.63) is 107 Å². The summed E-state index contributed by atoms with van der Waals surface area (Å²) < 4.78 is 1.60. The fraction of sp³-hybridized carbons (Fsp3) is 0.0690. The van der Waals surface area contributed by atoms with Gasteiger partial charge in [0.25, 0.3) is 5.56 Å². The van der Waals surface area contributed by atoms with Crippen LogP contribution in [0.25, 0.3) is 38.6 Å². The summed E-state index contributed by atoms with van der Waals surface area (Å²) in [6, 6.07) is 21.8. The number of anilines is 2. The van der Waals surface area contributed by atoms with E-state index in [0.717, 1.165) is 0 Å². The fourth-order valence-corrected chi connectivity index (χ4v) is 4.59. The molecular weight excluding hydrogens is 490 g/mol. The number of hydrogen-bond acceptors (Lipinski definition) is 9. The second-order valence-corrected chi connectivity index (χ2v) is 8.91. The predicted octanol–water partition coefficient (Wildman–Crippen LogP) is 4.41. The molecule has 0 amide bonds. The molecule has 0 spiro atoms. The Labute approximate surface area is 222 Å². The van der Waals surface area contributed by atoms with E-state index in [9.17, 15) is 10.1 Å². The number of nitrogens with zero attached hydrogens (tertiary/aromatic N) is 7. The Morgan fingerprint density at radius 2 is 1.74 bits per heavy atom. The number of nitrogens with one attached hydrogen (secondary N) is 1. The summed E-state index contributed by atoms with van der Waals surface area (Å²) in [7, 11) is 0. The molecule has 0 aliphatic carbocycles. The molecule has 0 saturated heterocycles. The molecule has 10 nitrogen and oxygen atoms in total. The van der Waals surface area contributed by atoms with Crippen molar-refractivity contribution in [2.24, 2.45) is 0 Å². The van der Waals surface area contributed by atoms with Crippen molar-refractivity contribution in [1.29, 1.82) is 5.26 Å². The van der Waals surface area contributed by atoms with Gasteiger partial charge in [-0.25, -0.2) is 24.9 Å². The summed E-state index contributed by atoms with van der Waals surface area (Å²) in [5.74, 6) is 1.18. The van der Waals surface area contributed by atoms with Crippen LogP contribution in [0.1, 0.15) is 24.4 Å². The third kappa shape index (κ3) is 4.28. The quantitative estimate of drug-likeness (QED) is 0.343. The van der Waals surface area contributed by atoms with Crippen molar-refractivity contribution in [1.82, 2.24) is 29.5 Å². The average Bonchev–Trinajstić information content (AvgIpc) is 2.97. The number of nitrogens with two attached hydrogens (primary N) is 1. The van der Waals surface area contributed by atoms with E-state index in [1.54, 1.807) is 35.2 Å². The zero-order chi connectivity index (χ0) is 26.9. The molecule has 3 aromatic heterocycles. The summed E-state index contributed by atoms with van der Waals surface area (Å²) in [4.78, 5) is 36.1. The Morgan fingerprint density at radius 3 is 2.51 bits per heavy atom. The Hall–Kier alpha value is -5.69. The second kappa shape index (κ2) is 9.64. The number of para-hydroxylation sites is 1. The minimum absolute atomic E-state index is 0.153. The van der Waals surface area contributed by atoms with E-state index in [4.69, 9.17) is 10.7 Å². The van der Waals surface area contributed by atoms with E-state index in [2.05, 4.69) is 31.3 Å². The number of hydrogen-bond donors (Lipinski definition) is 2. The third-order valence-corrected chi connectivity index (χ3v) is 6.43. The van der Waals surface area contributed by atoms with Crippen molar-refractivity contribution < 1.29 is 0 Å². The number of nitriles is 1. The maximum atomic E-state index is 14.2. The third-order valence-electron chi connectivity index (χ3n) is 6.43. The van der Waals surface area contributed by atoms with Gasteiger partial charge in [-0.3, -0.25) is 9.36 Å². The zero-order valence-corrected chi connectivity index (χ0v) is 20.8. The molecule has 1 atom stereocenters. The first-order valence-electron chi connectivity index (χ1n) is 12.1. The van der Waals surface area contributed by atoms with Gasteiger partial charge in [0.15, 0.2) is 0 Å². The zero-order valence-electron chi connectivity index (χ0n) is 20.8. The van der Waals surface area contributed by atoms with Gasteiger partial charge in [0.2, 0.25) is 5.95 Å². The lowest BCUT2D eigenvalue weighted by atomic mass is 10.0. The van der Waals surface area contributed by atoms with Crippen molar-refractivity contribution in [3.63, 3.8) is 0 Å². The molecule has 39 heavy (non-hydrogen) atoms. The molecule has 3 aromatic carbocycles. The first kappa shape index (κ1) is 23.7. The van der Waals surface area contributed by atoms with Gasteiger partial charge < -0.3 is 11.1 Å². The number of nitrogen functional groups attached to an aromatic ring is 1. The van der Waals surface area contributed by atoms with Crippen LogP contribution < -0.4 is 16.6 Å². The molecule has 188 valence electrons. The molecular formula is C29H21N9O. The summed E-state index contributed by atoms with van der Waals surface area (Å²) in [6.07, 6.45) is 4.65. The van der Waals surface area contributed by atoms with Crippen molar-refractivity contribution >= 4 is 33.6 Å². The van der Waals surface area contributed by atoms with Crippen LogP contribution in [0.3, 0.4) is 0 Å². The maximum Gasteiger partial charge on any atom is 0.266 e. The van der Waals surface area contributed by atoms with Crippen molar-refractivity contribution in [2.45, 2.75) is 13.0 Å². The molecule has 3 heterocycles. The van der Waals surface area contributed by atoms with Crippen molar-refractivity contribution in [2.75, 3.05) is 11.1 Å². The van der Waals surface area contributed by atoms with Gasteiger partial charge in [-0.05, 0) is 48.9 Å². The Kier molecular flexibility index (Phi) is 5.86. The summed E-state index contributed by atoms with van der Waals surface area (Å²) in [5, 5.41) is 13.9. The number of rotatable bonds is 5. The molecule has 0 saturated carbocycles. The van der Waals surface area contributed by atoms with E-state index in [1.165, 1.54) is 6.33 Å². The maximum absolute atomic E-state index is 14.2. The standard InChI is InChI=1S/C29H21N9O/c1-17(36-26-22-12-18(13-30)10-11-23(22)34-16-35-26)27-37-24-9-5-8-21(19-14-32-29(31)33-15-19)25(24)28(39)38(27)20-6-3-2-4-7-20/h2-12,14-17H,1H3,(H2,31,32,33)(H,34,35,36). The SMILES string of the molecule is CC(Nc1ncnc2ccc(C#N)cc12)c1nc2cccc(-c3cnc(N)nc3)c2c(=O)n1-c1ccccc1. The van der Waals surface area contributed by atoms with E-state index in [0.29, 0.717) is 55.8 Å². The first-order chi connectivity index (χ1) is 19.0. The van der Waals surface area contributed by atoms with E-state index in [1.807, 2.05) is 55.5 Å². The highest BCUT2D eigenvalue weighted by Gasteiger charge is 2.21. The Morgan fingerprint density at radius 1 is 0.949 bits per heavy atom. The number of fused-ring (bicyclic) bond motifs is 2. The van der Waals surface area contributed by atoms with Crippen LogP contribution in [0.2, 0.25) is 0 Å². The van der Waals surface area contributed by atoms with Gasteiger partial charge >= 0.3 is 0 Å². The van der Waals surface area contributed by atoms with Gasteiger partial charge in [-0.1, -0.05) is 30.3 Å². The van der Waals surface area contributed by atoms with Gasteiger partial charge in [0, 0.05) is 23.3 Å². The van der Waals surface area contributed by atoms with Crippen LogP contribution in [0.15, 0.2) is 90.2 Å². The van der Waals surface area contributed by atoms with Crippen LogP contribution in [0, 0.1) is 11.3 Å². The van der Waals surface area contributed by atoms with E-state index >= 15 is 0 Å². The minimum Gasteiger partial charge on any atom is -0.368 e. The first-order valence-corrected chi connectivity index (χ1v) is 12.1. The summed E-state index contributed by atoms with van der Waals surface area (Å²) in [6.45, 7) is 1.91. The Balaban J connectivity index is 1.55. The largest absolute Gasteiger partial charge is 0.368 e. The highest BCUT2D eigenvalue weighted by atomic mass is 16.1. The lowest BCUT2D eigenvalue weighted by molar-refractivity contribution is 0.732. The molecule has 0 aliphatic heterocycles. The molecule has 0 aliphatic rings. The van der Waals surface area contributed by atoms with Gasteiger partial charge in [-0.15, -0.1) is 0 Å². The van der Waals surface area contributed by atoms with Crippen LogP contribution in [0.5, 0.6) is 0 Å². The lowest BCUT2D eigenvalue weighted by Crippen LogP contribution is -2.27. The van der Waals surface area contributed by atoms with Crippen LogP contribution in [-0.4, -0.2) is 29.5 Å². The number of aromatic nitrogens is 6. The molecule has 0 radical (unpaired) electrons. The monoisotopic (exact) mass is 511 g/mol. The predicted molar refractivity (Wildman–Crippen MR) is 149 cm³/mol. The highest BCUT2D eigenvalue weighted by molar-refractivity contribution is 5.94.